The lowest BCUT2D eigenvalue weighted by Gasteiger charge is -2.08. The van der Waals surface area contributed by atoms with E-state index < -0.39 is 28.2 Å². The van der Waals surface area contributed by atoms with Crippen molar-refractivity contribution in [3.05, 3.63) is 24.3 Å². The fourth-order valence-corrected chi connectivity index (χ4v) is 3.42. The van der Waals surface area contributed by atoms with Gasteiger partial charge in [-0.05, 0) is 12.1 Å². The quantitative estimate of drug-likeness (QED) is 0.513. The minimum Gasteiger partial charge on any atom is -0.431 e. The summed E-state index contributed by atoms with van der Waals surface area (Å²) >= 11 is 1.83. The van der Waals surface area contributed by atoms with Gasteiger partial charge in [0.05, 0.1) is 5.75 Å². The van der Waals surface area contributed by atoms with Crippen molar-refractivity contribution in [1.82, 2.24) is 21.2 Å². The molecule has 11 heteroatoms. The Bertz CT molecular complexity index is 820. The molecule has 0 saturated carbocycles. The molecular weight excluding hydrogens is 368 g/mol. The van der Waals surface area contributed by atoms with Crippen molar-refractivity contribution in [2.24, 2.45) is 0 Å². The molecule has 0 radical (unpaired) electrons. The summed E-state index contributed by atoms with van der Waals surface area (Å²) in [5.41, 5.74) is 5.75. The average Bonchev–Trinajstić information content (AvgIpc) is 3.13. The SMILES string of the molecule is O=C(CSc1nc2ccccc2o1)NNC(=O)C[C@H]1SC(=O)NC1=O. The molecule has 1 aliphatic rings. The Labute approximate surface area is 149 Å². The monoisotopic (exact) mass is 380 g/mol. The molecule has 0 spiro atoms. The summed E-state index contributed by atoms with van der Waals surface area (Å²) in [6.45, 7) is 0. The topological polar surface area (TPSA) is 130 Å². The van der Waals surface area contributed by atoms with Crippen LogP contribution in [-0.4, -0.2) is 38.9 Å². The van der Waals surface area contributed by atoms with Crippen molar-refractivity contribution in [3.8, 4) is 0 Å². The van der Waals surface area contributed by atoms with Gasteiger partial charge in [0.25, 0.3) is 10.5 Å². The van der Waals surface area contributed by atoms with E-state index in [9.17, 15) is 19.2 Å². The maximum Gasteiger partial charge on any atom is 0.286 e. The third-order valence-electron chi connectivity index (χ3n) is 3.08. The van der Waals surface area contributed by atoms with Crippen molar-refractivity contribution >= 4 is 57.6 Å². The summed E-state index contributed by atoms with van der Waals surface area (Å²) < 4.78 is 5.46. The number of hydrogen-bond acceptors (Lipinski definition) is 8. The van der Waals surface area contributed by atoms with Gasteiger partial charge in [-0.25, -0.2) is 4.98 Å². The molecule has 2 heterocycles. The fourth-order valence-electron chi connectivity index (χ4n) is 1.96. The van der Waals surface area contributed by atoms with Gasteiger partial charge in [0, 0.05) is 6.42 Å². The zero-order valence-corrected chi connectivity index (χ0v) is 14.2. The Morgan fingerprint density at radius 1 is 1.24 bits per heavy atom. The summed E-state index contributed by atoms with van der Waals surface area (Å²) in [4.78, 5) is 50.0. The van der Waals surface area contributed by atoms with E-state index in [0.717, 1.165) is 23.5 Å². The largest absolute Gasteiger partial charge is 0.431 e. The van der Waals surface area contributed by atoms with Gasteiger partial charge in [0.1, 0.15) is 10.8 Å². The lowest BCUT2D eigenvalue weighted by Crippen LogP contribution is -2.44. The number of aromatic nitrogens is 1. The molecular formula is C14H12N4O5S2. The third-order valence-corrected chi connectivity index (χ3v) is 4.89. The highest BCUT2D eigenvalue weighted by atomic mass is 32.2. The van der Waals surface area contributed by atoms with E-state index >= 15 is 0 Å². The number of benzene rings is 1. The highest BCUT2D eigenvalue weighted by Crippen LogP contribution is 2.23. The van der Waals surface area contributed by atoms with Gasteiger partial charge >= 0.3 is 0 Å². The zero-order chi connectivity index (χ0) is 17.8. The number of oxazole rings is 1. The predicted octanol–water partition coefficient (Wildman–Crippen LogP) is 0.809. The van der Waals surface area contributed by atoms with Crippen molar-refractivity contribution in [2.45, 2.75) is 16.9 Å². The Kier molecular flexibility index (Phi) is 5.24. The molecule has 1 saturated heterocycles. The van der Waals surface area contributed by atoms with Crippen LogP contribution in [0.5, 0.6) is 0 Å². The smallest absolute Gasteiger partial charge is 0.286 e. The van der Waals surface area contributed by atoms with Crippen molar-refractivity contribution in [3.63, 3.8) is 0 Å². The zero-order valence-electron chi connectivity index (χ0n) is 12.6. The third kappa shape index (κ3) is 4.51. The first-order chi connectivity index (χ1) is 12.0. The Morgan fingerprint density at radius 3 is 2.72 bits per heavy atom. The molecule has 1 aromatic heterocycles. The van der Waals surface area contributed by atoms with Gasteiger partial charge < -0.3 is 4.42 Å². The van der Waals surface area contributed by atoms with Crippen LogP contribution in [0.2, 0.25) is 0 Å². The first-order valence-electron chi connectivity index (χ1n) is 7.09. The number of carbonyl (C=O) groups is 4. The van der Waals surface area contributed by atoms with Crippen molar-refractivity contribution in [2.75, 3.05) is 5.75 Å². The van der Waals surface area contributed by atoms with Crippen molar-refractivity contribution in [1.29, 1.82) is 0 Å². The average molecular weight is 380 g/mol. The van der Waals surface area contributed by atoms with Crippen LogP contribution in [0.15, 0.2) is 33.9 Å². The van der Waals surface area contributed by atoms with E-state index in [1.807, 2.05) is 12.1 Å². The van der Waals surface area contributed by atoms with E-state index in [2.05, 4.69) is 21.2 Å². The number of thioether (sulfide) groups is 2. The minimum absolute atomic E-state index is 0.00967. The number of imide groups is 1. The number of carbonyl (C=O) groups excluding carboxylic acids is 4. The molecule has 2 aromatic rings. The molecule has 1 aromatic carbocycles. The van der Waals surface area contributed by atoms with E-state index in [1.165, 1.54) is 0 Å². The highest BCUT2D eigenvalue weighted by Gasteiger charge is 2.33. The van der Waals surface area contributed by atoms with Crippen LogP contribution in [0.3, 0.4) is 0 Å². The van der Waals surface area contributed by atoms with Crippen LogP contribution in [0.4, 0.5) is 4.79 Å². The Hall–Kier alpha value is -2.53. The maximum atomic E-state index is 11.7. The summed E-state index contributed by atoms with van der Waals surface area (Å²) in [5, 5.41) is 1.17. The normalized spacial score (nSPS) is 16.7. The number of amides is 4. The standard InChI is InChI=1S/C14H12N4O5S2/c19-10(5-9-12(21)16-13(22)25-9)17-18-11(20)6-24-14-15-7-3-1-2-4-8(7)23-14/h1-4,9H,5-6H2,(H,17,19)(H,18,20)(H,16,21,22)/t9-/m1/s1. The molecule has 1 fully saturated rings. The first-order valence-corrected chi connectivity index (χ1v) is 8.95. The van der Waals surface area contributed by atoms with Gasteiger partial charge in [0.15, 0.2) is 5.58 Å². The molecule has 1 atom stereocenters. The van der Waals surface area contributed by atoms with Crippen LogP contribution in [0.25, 0.3) is 11.1 Å². The number of para-hydroxylation sites is 2. The number of nitrogens with one attached hydrogen (secondary N) is 3. The van der Waals surface area contributed by atoms with Crippen LogP contribution >= 0.6 is 23.5 Å². The second-order valence-corrected chi connectivity index (χ2v) is 7.02. The van der Waals surface area contributed by atoms with Crippen molar-refractivity contribution < 1.29 is 23.6 Å². The van der Waals surface area contributed by atoms with E-state index in [-0.39, 0.29) is 12.2 Å². The molecule has 1 aliphatic heterocycles. The number of fused-ring (bicyclic) bond motifs is 1. The number of hydrazine groups is 1. The summed E-state index contributed by atoms with van der Waals surface area (Å²) in [7, 11) is 0. The fraction of sp³-hybridized carbons (Fsp3) is 0.214. The molecule has 4 amide bonds. The van der Waals surface area contributed by atoms with Gasteiger partial charge in [-0.15, -0.1) is 0 Å². The van der Waals surface area contributed by atoms with E-state index in [1.54, 1.807) is 12.1 Å². The minimum atomic E-state index is -0.779. The maximum absolute atomic E-state index is 11.7. The molecule has 9 nitrogen and oxygen atoms in total. The highest BCUT2D eigenvalue weighted by molar-refractivity contribution is 8.15. The second-order valence-electron chi connectivity index (χ2n) is 4.92. The Balaban J connectivity index is 1.41. The van der Waals surface area contributed by atoms with E-state index in [4.69, 9.17) is 4.42 Å². The lowest BCUT2D eigenvalue weighted by atomic mass is 10.3. The second kappa shape index (κ2) is 7.57. The number of rotatable bonds is 5. The molecule has 3 rings (SSSR count). The van der Waals surface area contributed by atoms with Crippen LogP contribution in [0.1, 0.15) is 6.42 Å². The predicted molar refractivity (Wildman–Crippen MR) is 90.6 cm³/mol. The summed E-state index contributed by atoms with van der Waals surface area (Å²) in [5.74, 6) is -1.55. The Morgan fingerprint density at radius 2 is 2.00 bits per heavy atom. The molecule has 130 valence electrons. The molecule has 0 unspecified atom stereocenters. The first kappa shape index (κ1) is 17.3. The molecule has 3 N–H and O–H groups in total. The van der Waals surface area contributed by atoms with Gasteiger partial charge in [-0.2, -0.15) is 0 Å². The van der Waals surface area contributed by atoms with Crippen LogP contribution in [0, 0.1) is 0 Å². The van der Waals surface area contributed by atoms with Crippen LogP contribution in [-0.2, 0) is 14.4 Å². The summed E-state index contributed by atoms with van der Waals surface area (Å²) in [6.07, 6.45) is -0.208. The number of nitrogens with zero attached hydrogens (tertiary/aromatic N) is 1. The molecule has 0 aliphatic carbocycles. The number of hydrogen-bond donors (Lipinski definition) is 3. The van der Waals surface area contributed by atoms with E-state index in [0.29, 0.717) is 16.3 Å². The molecule has 0 bridgehead atoms. The van der Waals surface area contributed by atoms with Gasteiger partial charge in [-0.1, -0.05) is 35.7 Å². The molecule has 25 heavy (non-hydrogen) atoms. The van der Waals surface area contributed by atoms with Gasteiger partial charge in [-0.3, -0.25) is 35.3 Å². The van der Waals surface area contributed by atoms with Crippen LogP contribution < -0.4 is 16.2 Å². The summed E-state index contributed by atoms with van der Waals surface area (Å²) in [6, 6.07) is 7.22. The van der Waals surface area contributed by atoms with Gasteiger partial charge in [0.2, 0.25) is 17.7 Å². The lowest BCUT2D eigenvalue weighted by molar-refractivity contribution is -0.128.